The second-order valence-corrected chi connectivity index (χ2v) is 5.42. The van der Waals surface area contributed by atoms with Crippen LogP contribution in [-0.2, 0) is 6.54 Å². The largest absolute Gasteiger partial charge is 0.497 e. The molecule has 0 radical (unpaired) electrons. The van der Waals surface area contributed by atoms with Crippen LogP contribution >= 0.6 is 11.3 Å². The molecular weight excluding hydrogens is 284 g/mol. The first kappa shape index (κ1) is 13.6. The number of methoxy groups -OCH3 is 1. The summed E-state index contributed by atoms with van der Waals surface area (Å²) < 4.78 is 6.16. The van der Waals surface area contributed by atoms with Gasteiger partial charge in [0.15, 0.2) is 5.82 Å². The highest BCUT2D eigenvalue weighted by atomic mass is 32.1. The number of aromatic nitrogens is 2. The SMILES string of the molecule is COc1cccc(CN=Nc2ncnc3c(C)csc23)c1. The van der Waals surface area contributed by atoms with Crippen LogP contribution < -0.4 is 4.74 Å². The molecule has 0 bridgehead atoms. The number of rotatable bonds is 4. The molecule has 0 saturated heterocycles. The Morgan fingerprint density at radius 2 is 2.19 bits per heavy atom. The van der Waals surface area contributed by atoms with Crippen LogP contribution in [0.5, 0.6) is 5.75 Å². The second kappa shape index (κ2) is 5.97. The summed E-state index contributed by atoms with van der Waals surface area (Å²) in [6.07, 6.45) is 1.53. The lowest BCUT2D eigenvalue weighted by Crippen LogP contribution is -1.85. The molecule has 0 aliphatic carbocycles. The molecule has 0 amide bonds. The Morgan fingerprint density at radius 3 is 3.05 bits per heavy atom. The zero-order valence-electron chi connectivity index (χ0n) is 11.8. The van der Waals surface area contributed by atoms with Gasteiger partial charge in [0.05, 0.1) is 23.9 Å². The average Bonchev–Trinajstić information content (AvgIpc) is 2.90. The molecule has 0 spiro atoms. The normalized spacial score (nSPS) is 11.3. The molecule has 2 aromatic heterocycles. The molecule has 3 aromatic rings. The number of hydrogen-bond donors (Lipinski definition) is 0. The van der Waals surface area contributed by atoms with Crippen LogP contribution in [0.1, 0.15) is 11.1 Å². The Balaban J connectivity index is 1.81. The molecular formula is C15H14N4OS. The molecule has 21 heavy (non-hydrogen) atoms. The van der Waals surface area contributed by atoms with Gasteiger partial charge in [0.25, 0.3) is 0 Å². The molecule has 2 heterocycles. The van der Waals surface area contributed by atoms with E-state index in [2.05, 4.69) is 25.6 Å². The highest BCUT2D eigenvalue weighted by molar-refractivity contribution is 7.17. The summed E-state index contributed by atoms with van der Waals surface area (Å²) in [7, 11) is 1.65. The van der Waals surface area contributed by atoms with Crippen LogP contribution in [0.2, 0.25) is 0 Å². The molecule has 3 rings (SSSR count). The number of aryl methyl sites for hydroxylation is 1. The highest BCUT2D eigenvalue weighted by Gasteiger charge is 2.07. The van der Waals surface area contributed by atoms with Gasteiger partial charge in [-0.25, -0.2) is 9.97 Å². The van der Waals surface area contributed by atoms with Crippen molar-refractivity contribution < 1.29 is 4.74 Å². The maximum atomic E-state index is 5.19. The quantitative estimate of drug-likeness (QED) is 0.675. The van der Waals surface area contributed by atoms with Crippen LogP contribution in [0.25, 0.3) is 10.2 Å². The molecule has 0 N–H and O–H groups in total. The minimum Gasteiger partial charge on any atom is -0.497 e. The van der Waals surface area contributed by atoms with E-state index < -0.39 is 0 Å². The fourth-order valence-corrected chi connectivity index (χ4v) is 2.91. The lowest BCUT2D eigenvalue weighted by molar-refractivity contribution is 0.414. The predicted octanol–water partition coefficient (Wildman–Crippen LogP) is 4.29. The fourth-order valence-electron chi connectivity index (χ4n) is 1.98. The summed E-state index contributed by atoms with van der Waals surface area (Å²) in [5.41, 5.74) is 3.14. The van der Waals surface area contributed by atoms with Gasteiger partial charge in [0.2, 0.25) is 0 Å². The van der Waals surface area contributed by atoms with E-state index >= 15 is 0 Å². The summed E-state index contributed by atoms with van der Waals surface area (Å²) in [6.45, 7) is 2.52. The van der Waals surface area contributed by atoms with Crippen molar-refractivity contribution in [1.29, 1.82) is 0 Å². The first-order chi connectivity index (χ1) is 10.3. The molecule has 0 unspecified atom stereocenters. The van der Waals surface area contributed by atoms with Crippen LogP contribution in [0.15, 0.2) is 46.2 Å². The average molecular weight is 298 g/mol. The Kier molecular flexibility index (Phi) is 3.87. The van der Waals surface area contributed by atoms with Gasteiger partial charge in [-0.05, 0) is 35.6 Å². The van der Waals surface area contributed by atoms with Crippen molar-refractivity contribution in [2.45, 2.75) is 13.5 Å². The first-order valence-electron chi connectivity index (χ1n) is 6.47. The third kappa shape index (κ3) is 2.90. The third-order valence-corrected chi connectivity index (χ3v) is 4.15. The minimum absolute atomic E-state index is 0.493. The van der Waals surface area contributed by atoms with Gasteiger partial charge in [0, 0.05) is 0 Å². The number of thiophene rings is 1. The maximum absolute atomic E-state index is 5.19. The zero-order chi connectivity index (χ0) is 14.7. The van der Waals surface area contributed by atoms with Crippen molar-refractivity contribution in [3.05, 3.63) is 47.1 Å². The molecule has 6 heteroatoms. The van der Waals surface area contributed by atoms with Gasteiger partial charge in [-0.2, -0.15) is 5.11 Å². The van der Waals surface area contributed by atoms with Crippen LogP contribution in [0, 0.1) is 6.92 Å². The van der Waals surface area contributed by atoms with Gasteiger partial charge in [0.1, 0.15) is 12.1 Å². The maximum Gasteiger partial charge on any atom is 0.195 e. The number of nitrogens with zero attached hydrogens (tertiary/aromatic N) is 4. The van der Waals surface area contributed by atoms with Crippen LogP contribution in [0.3, 0.4) is 0 Å². The Morgan fingerprint density at radius 1 is 1.29 bits per heavy atom. The number of azo groups is 1. The third-order valence-electron chi connectivity index (χ3n) is 3.06. The minimum atomic E-state index is 0.493. The van der Waals surface area contributed by atoms with E-state index in [1.54, 1.807) is 18.4 Å². The van der Waals surface area contributed by atoms with Crippen LogP contribution in [-0.4, -0.2) is 17.1 Å². The van der Waals surface area contributed by atoms with Crippen molar-refractivity contribution in [3.8, 4) is 5.75 Å². The molecule has 0 atom stereocenters. The fraction of sp³-hybridized carbons (Fsp3) is 0.200. The molecule has 5 nitrogen and oxygen atoms in total. The number of ether oxygens (including phenoxy) is 1. The van der Waals surface area contributed by atoms with Crippen molar-refractivity contribution in [1.82, 2.24) is 9.97 Å². The summed E-state index contributed by atoms with van der Waals surface area (Å²) >= 11 is 1.59. The standard InChI is InChI=1S/C15H14N4OS/c1-10-8-21-14-13(10)16-9-17-15(14)19-18-7-11-4-3-5-12(6-11)20-2/h3-6,8-9H,7H2,1-2H3. The molecule has 0 saturated carbocycles. The van der Waals surface area contributed by atoms with E-state index in [-0.39, 0.29) is 0 Å². The lowest BCUT2D eigenvalue weighted by Gasteiger charge is -2.01. The van der Waals surface area contributed by atoms with Crippen LogP contribution in [0.4, 0.5) is 5.82 Å². The van der Waals surface area contributed by atoms with Gasteiger partial charge >= 0.3 is 0 Å². The zero-order valence-corrected chi connectivity index (χ0v) is 12.6. The van der Waals surface area contributed by atoms with Gasteiger partial charge in [-0.1, -0.05) is 12.1 Å². The monoisotopic (exact) mass is 298 g/mol. The summed E-state index contributed by atoms with van der Waals surface area (Å²) in [6, 6.07) is 7.79. The molecule has 0 aliphatic heterocycles. The first-order valence-corrected chi connectivity index (χ1v) is 7.35. The van der Waals surface area contributed by atoms with Gasteiger partial charge in [-0.3, -0.25) is 0 Å². The Hall–Kier alpha value is -2.34. The smallest absolute Gasteiger partial charge is 0.195 e. The predicted molar refractivity (Wildman–Crippen MR) is 83.4 cm³/mol. The molecule has 106 valence electrons. The topological polar surface area (TPSA) is 59.7 Å². The van der Waals surface area contributed by atoms with Crippen molar-refractivity contribution in [2.24, 2.45) is 10.2 Å². The summed E-state index contributed by atoms with van der Waals surface area (Å²) in [5.74, 6) is 1.45. The van der Waals surface area contributed by atoms with Crippen molar-refractivity contribution >= 4 is 27.4 Å². The summed E-state index contributed by atoms with van der Waals surface area (Å²) in [4.78, 5) is 8.47. The lowest BCUT2D eigenvalue weighted by atomic mass is 10.2. The van der Waals surface area contributed by atoms with E-state index in [0.717, 1.165) is 27.1 Å². The van der Waals surface area contributed by atoms with Crippen molar-refractivity contribution in [2.75, 3.05) is 7.11 Å². The Labute approximate surface area is 126 Å². The van der Waals surface area contributed by atoms with E-state index in [0.29, 0.717) is 12.4 Å². The van der Waals surface area contributed by atoms with E-state index in [9.17, 15) is 0 Å². The van der Waals surface area contributed by atoms with Gasteiger partial charge in [-0.15, -0.1) is 16.5 Å². The molecule has 0 fully saturated rings. The van der Waals surface area contributed by atoms with E-state index in [1.807, 2.05) is 31.2 Å². The number of fused-ring (bicyclic) bond motifs is 1. The Bertz CT molecular complexity index is 797. The van der Waals surface area contributed by atoms with Gasteiger partial charge < -0.3 is 4.74 Å². The summed E-state index contributed by atoms with van der Waals surface area (Å²) in [5, 5.41) is 10.5. The van der Waals surface area contributed by atoms with Crippen molar-refractivity contribution in [3.63, 3.8) is 0 Å². The van der Waals surface area contributed by atoms with E-state index in [4.69, 9.17) is 4.74 Å². The van der Waals surface area contributed by atoms with E-state index in [1.165, 1.54) is 6.33 Å². The highest BCUT2D eigenvalue weighted by Crippen LogP contribution is 2.30. The number of benzene rings is 1. The number of hydrogen-bond acceptors (Lipinski definition) is 6. The second-order valence-electron chi connectivity index (χ2n) is 4.54. The molecule has 0 aliphatic rings. The molecule has 1 aromatic carbocycles.